The molecule has 1 aliphatic carbocycles. The van der Waals surface area contributed by atoms with E-state index in [1.165, 1.54) is 24.0 Å². The summed E-state index contributed by atoms with van der Waals surface area (Å²) < 4.78 is 0. The van der Waals surface area contributed by atoms with E-state index in [0.29, 0.717) is 0 Å². The van der Waals surface area contributed by atoms with Crippen molar-refractivity contribution in [1.29, 1.82) is 0 Å². The Labute approximate surface area is 131 Å². The molecule has 0 aliphatic heterocycles. The predicted molar refractivity (Wildman–Crippen MR) is 86.5 cm³/mol. The van der Waals surface area contributed by atoms with Crippen molar-refractivity contribution in [2.24, 2.45) is 5.73 Å². The maximum absolute atomic E-state index is 11.8. The van der Waals surface area contributed by atoms with Crippen LogP contribution in [0.3, 0.4) is 0 Å². The Hall–Kier alpha value is -1.88. The van der Waals surface area contributed by atoms with Gasteiger partial charge in [-0.15, -0.1) is 0 Å². The second-order valence-electron chi connectivity index (χ2n) is 6.31. The van der Waals surface area contributed by atoms with Gasteiger partial charge in [-0.1, -0.05) is 42.7 Å². The number of hydrogen-bond donors (Lipinski definition) is 3. The van der Waals surface area contributed by atoms with E-state index >= 15 is 0 Å². The number of rotatable bonds is 5. The van der Waals surface area contributed by atoms with E-state index in [1.54, 1.807) is 6.92 Å². The second kappa shape index (κ2) is 6.92. The first kappa shape index (κ1) is 16.5. The predicted octanol–water partition coefficient (Wildman–Crippen LogP) is 1.98. The number of urea groups is 1. The molecule has 1 fully saturated rings. The summed E-state index contributed by atoms with van der Waals surface area (Å²) >= 11 is 0. The fraction of sp³-hybridized carbons (Fsp3) is 0.529. The van der Waals surface area contributed by atoms with Crippen molar-refractivity contribution in [1.82, 2.24) is 10.6 Å². The first-order valence-corrected chi connectivity index (χ1v) is 7.84. The molecule has 120 valence electrons. The van der Waals surface area contributed by atoms with Crippen molar-refractivity contribution in [3.8, 4) is 0 Å². The molecule has 2 rings (SSSR count). The van der Waals surface area contributed by atoms with E-state index in [9.17, 15) is 9.59 Å². The van der Waals surface area contributed by atoms with Gasteiger partial charge in [-0.2, -0.15) is 0 Å². The quantitative estimate of drug-likeness (QED) is 0.777. The minimum atomic E-state index is -0.812. The highest BCUT2D eigenvalue weighted by Gasteiger charge is 2.36. The Balaban J connectivity index is 2.06. The van der Waals surface area contributed by atoms with Gasteiger partial charge in [0.25, 0.3) is 0 Å². The number of nitrogens with one attached hydrogen (secondary N) is 2. The largest absolute Gasteiger partial charge is 0.351 e. The van der Waals surface area contributed by atoms with Gasteiger partial charge in [0.1, 0.15) is 0 Å². The first-order chi connectivity index (χ1) is 10.4. The van der Waals surface area contributed by atoms with Crippen LogP contribution in [-0.2, 0) is 10.2 Å². The molecule has 1 atom stereocenters. The molecule has 4 N–H and O–H groups in total. The molecular weight excluding hydrogens is 278 g/mol. The summed E-state index contributed by atoms with van der Waals surface area (Å²) in [4.78, 5) is 22.5. The molecule has 5 heteroatoms. The molecule has 0 heterocycles. The molecule has 1 unspecified atom stereocenters. The van der Waals surface area contributed by atoms with Gasteiger partial charge in [0.05, 0.1) is 6.04 Å². The molecule has 0 saturated heterocycles. The molecule has 1 aromatic carbocycles. The number of aryl methyl sites for hydroxylation is 1. The number of imide groups is 1. The minimum absolute atomic E-state index is 0.0767. The lowest BCUT2D eigenvalue weighted by atomic mass is 9.78. The standard InChI is InChI=1S/C17H25N3O2/c1-12-6-5-7-14(10-12)17(8-3-4-9-17)11-19-13(2)15(21)20-16(18)22/h5-7,10,13,19H,3-4,8-9,11H2,1-2H3,(H3,18,20,21,22). The van der Waals surface area contributed by atoms with Crippen LogP contribution < -0.4 is 16.4 Å². The minimum Gasteiger partial charge on any atom is -0.351 e. The van der Waals surface area contributed by atoms with E-state index in [-0.39, 0.29) is 11.3 Å². The van der Waals surface area contributed by atoms with Gasteiger partial charge in [0.2, 0.25) is 5.91 Å². The molecular formula is C17H25N3O2. The maximum atomic E-state index is 11.8. The molecule has 0 aromatic heterocycles. The molecule has 1 saturated carbocycles. The summed E-state index contributed by atoms with van der Waals surface area (Å²) in [6.45, 7) is 4.57. The molecule has 3 amide bonds. The van der Waals surface area contributed by atoms with Crippen molar-refractivity contribution >= 4 is 11.9 Å². The number of carbonyl (C=O) groups excluding carboxylic acids is 2. The molecule has 1 aromatic rings. The molecule has 0 radical (unpaired) electrons. The van der Waals surface area contributed by atoms with Gasteiger partial charge < -0.3 is 11.1 Å². The first-order valence-electron chi connectivity index (χ1n) is 7.84. The normalized spacial score (nSPS) is 17.9. The van der Waals surface area contributed by atoms with Crippen LogP contribution in [0, 0.1) is 6.92 Å². The summed E-state index contributed by atoms with van der Waals surface area (Å²) in [5.41, 5.74) is 7.65. The highest BCUT2D eigenvalue weighted by Crippen LogP contribution is 2.40. The highest BCUT2D eigenvalue weighted by molar-refractivity contribution is 5.96. The van der Waals surface area contributed by atoms with Crippen LogP contribution in [0.1, 0.15) is 43.7 Å². The van der Waals surface area contributed by atoms with Crippen molar-refractivity contribution in [2.45, 2.75) is 51.0 Å². The zero-order valence-electron chi connectivity index (χ0n) is 13.3. The number of benzene rings is 1. The third kappa shape index (κ3) is 3.85. The van der Waals surface area contributed by atoms with Crippen LogP contribution in [0.15, 0.2) is 24.3 Å². The summed E-state index contributed by atoms with van der Waals surface area (Å²) in [5, 5.41) is 5.39. The molecule has 22 heavy (non-hydrogen) atoms. The Bertz CT molecular complexity index is 551. The second-order valence-corrected chi connectivity index (χ2v) is 6.31. The van der Waals surface area contributed by atoms with Gasteiger partial charge >= 0.3 is 6.03 Å². The summed E-state index contributed by atoms with van der Waals surface area (Å²) in [7, 11) is 0. The van der Waals surface area contributed by atoms with Crippen LogP contribution in [0.25, 0.3) is 0 Å². The van der Waals surface area contributed by atoms with E-state index in [4.69, 9.17) is 5.73 Å². The van der Waals surface area contributed by atoms with Gasteiger partial charge in [-0.25, -0.2) is 4.79 Å². The Morgan fingerprint density at radius 3 is 2.59 bits per heavy atom. The van der Waals surface area contributed by atoms with Gasteiger partial charge in [-0.3, -0.25) is 10.1 Å². The van der Waals surface area contributed by atoms with E-state index in [2.05, 4.69) is 41.8 Å². The molecule has 0 bridgehead atoms. The summed E-state index contributed by atoms with van der Waals surface area (Å²) in [6.07, 6.45) is 4.65. The zero-order chi connectivity index (χ0) is 16.2. The van der Waals surface area contributed by atoms with Crippen molar-refractivity contribution in [3.63, 3.8) is 0 Å². The monoisotopic (exact) mass is 303 g/mol. The number of primary amides is 1. The zero-order valence-corrected chi connectivity index (χ0v) is 13.3. The topological polar surface area (TPSA) is 84.2 Å². The Morgan fingerprint density at radius 2 is 2.00 bits per heavy atom. The fourth-order valence-electron chi connectivity index (χ4n) is 3.27. The number of nitrogens with two attached hydrogens (primary N) is 1. The molecule has 5 nitrogen and oxygen atoms in total. The van der Waals surface area contributed by atoms with Crippen LogP contribution in [0.5, 0.6) is 0 Å². The lowest BCUT2D eigenvalue weighted by Gasteiger charge is -2.31. The van der Waals surface area contributed by atoms with Gasteiger partial charge in [0, 0.05) is 12.0 Å². The van der Waals surface area contributed by atoms with Crippen molar-refractivity contribution < 1.29 is 9.59 Å². The van der Waals surface area contributed by atoms with Crippen LogP contribution in [0.4, 0.5) is 4.79 Å². The number of hydrogen-bond acceptors (Lipinski definition) is 3. The van der Waals surface area contributed by atoms with Crippen LogP contribution >= 0.6 is 0 Å². The maximum Gasteiger partial charge on any atom is 0.318 e. The Kier molecular flexibility index (Phi) is 5.19. The van der Waals surface area contributed by atoms with Gasteiger partial charge in [0.15, 0.2) is 0 Å². The fourth-order valence-corrected chi connectivity index (χ4v) is 3.27. The molecule has 0 spiro atoms. The average molecular weight is 303 g/mol. The van der Waals surface area contributed by atoms with Crippen molar-refractivity contribution in [2.75, 3.05) is 6.54 Å². The van der Waals surface area contributed by atoms with Gasteiger partial charge in [-0.05, 0) is 32.3 Å². The third-order valence-corrected chi connectivity index (χ3v) is 4.58. The average Bonchev–Trinajstić information content (AvgIpc) is 2.94. The van der Waals surface area contributed by atoms with Crippen molar-refractivity contribution in [3.05, 3.63) is 35.4 Å². The molecule has 1 aliphatic rings. The lowest BCUT2D eigenvalue weighted by molar-refractivity contribution is -0.121. The smallest absolute Gasteiger partial charge is 0.318 e. The van der Waals surface area contributed by atoms with Crippen LogP contribution in [0.2, 0.25) is 0 Å². The number of amides is 3. The van der Waals surface area contributed by atoms with Crippen LogP contribution in [-0.4, -0.2) is 24.5 Å². The third-order valence-electron chi connectivity index (χ3n) is 4.58. The highest BCUT2D eigenvalue weighted by atomic mass is 16.2. The summed E-state index contributed by atoms with van der Waals surface area (Å²) in [6, 6.07) is 7.34. The lowest BCUT2D eigenvalue weighted by Crippen LogP contribution is -2.49. The SMILES string of the molecule is Cc1cccc(C2(CNC(C)C(=O)NC(N)=O)CCCC2)c1. The Morgan fingerprint density at radius 1 is 1.32 bits per heavy atom. The summed E-state index contributed by atoms with van der Waals surface area (Å²) in [5.74, 6) is -0.384. The number of carbonyl (C=O) groups is 2. The van der Waals surface area contributed by atoms with E-state index in [1.807, 2.05) is 0 Å². The van der Waals surface area contributed by atoms with E-state index < -0.39 is 12.1 Å². The van der Waals surface area contributed by atoms with E-state index in [0.717, 1.165) is 19.4 Å².